The van der Waals surface area contributed by atoms with Crippen molar-refractivity contribution in [1.29, 1.82) is 0 Å². The maximum absolute atomic E-state index is 11.3. The standard InChI is InChI=1S/C16H25N3O4/c1-11-12(8-15(11)2-5-19(10-15)14(21)22)18-6-3-16(4-7-18)9-17-13(20)23-16/h11-12H,2-10H2,1H3,(H,17,20)(H,21,22). The molecule has 0 aromatic rings. The van der Waals surface area contributed by atoms with Gasteiger partial charge in [0.05, 0.1) is 6.54 Å². The number of ether oxygens (including phenoxy) is 1. The Balaban J connectivity index is 1.34. The summed E-state index contributed by atoms with van der Waals surface area (Å²) in [5.74, 6) is 0.533. The van der Waals surface area contributed by atoms with Crippen LogP contribution in [0.5, 0.6) is 0 Å². The van der Waals surface area contributed by atoms with Gasteiger partial charge < -0.3 is 20.1 Å². The Morgan fingerprint density at radius 1 is 1.30 bits per heavy atom. The molecule has 1 aliphatic carbocycles. The lowest BCUT2D eigenvalue weighted by Gasteiger charge is -2.57. The molecule has 2 amide bonds. The van der Waals surface area contributed by atoms with Crippen molar-refractivity contribution in [3.63, 3.8) is 0 Å². The van der Waals surface area contributed by atoms with E-state index in [4.69, 9.17) is 4.74 Å². The quantitative estimate of drug-likeness (QED) is 0.761. The van der Waals surface area contributed by atoms with E-state index in [0.717, 1.165) is 38.8 Å². The van der Waals surface area contributed by atoms with Crippen molar-refractivity contribution in [3.8, 4) is 0 Å². The maximum atomic E-state index is 11.3. The number of alkyl carbamates (subject to hydrolysis) is 1. The third-order valence-corrected chi connectivity index (χ3v) is 6.86. The summed E-state index contributed by atoms with van der Waals surface area (Å²) in [5, 5.41) is 11.9. The molecule has 7 nitrogen and oxygen atoms in total. The van der Waals surface area contributed by atoms with Gasteiger partial charge in [-0.2, -0.15) is 0 Å². The van der Waals surface area contributed by atoms with E-state index in [1.807, 2.05) is 0 Å². The highest BCUT2D eigenvalue weighted by Crippen LogP contribution is 2.55. The Hall–Kier alpha value is -1.50. The molecule has 23 heavy (non-hydrogen) atoms. The van der Waals surface area contributed by atoms with Crippen molar-refractivity contribution in [2.75, 3.05) is 32.7 Å². The molecule has 7 heteroatoms. The first kappa shape index (κ1) is 15.1. The minimum absolute atomic E-state index is 0.194. The second kappa shape index (κ2) is 5.00. The Kier molecular flexibility index (Phi) is 3.27. The van der Waals surface area contributed by atoms with Gasteiger partial charge in [-0.05, 0) is 24.2 Å². The number of hydrogen-bond acceptors (Lipinski definition) is 4. The molecule has 3 heterocycles. The van der Waals surface area contributed by atoms with E-state index in [-0.39, 0.29) is 17.1 Å². The number of rotatable bonds is 1. The van der Waals surface area contributed by atoms with Gasteiger partial charge in [0.25, 0.3) is 0 Å². The van der Waals surface area contributed by atoms with Crippen LogP contribution in [0.2, 0.25) is 0 Å². The van der Waals surface area contributed by atoms with Crippen LogP contribution in [0.4, 0.5) is 9.59 Å². The maximum Gasteiger partial charge on any atom is 0.407 e. The molecule has 4 fully saturated rings. The minimum atomic E-state index is -0.784. The summed E-state index contributed by atoms with van der Waals surface area (Å²) in [6, 6.07) is 0.547. The lowest BCUT2D eigenvalue weighted by Crippen LogP contribution is -2.62. The predicted octanol–water partition coefficient (Wildman–Crippen LogP) is 1.34. The van der Waals surface area contributed by atoms with Crippen molar-refractivity contribution in [3.05, 3.63) is 0 Å². The van der Waals surface area contributed by atoms with Crippen LogP contribution in [0.25, 0.3) is 0 Å². The topological polar surface area (TPSA) is 82.1 Å². The molecule has 0 aromatic heterocycles. The van der Waals surface area contributed by atoms with Gasteiger partial charge in [-0.3, -0.25) is 4.90 Å². The molecular weight excluding hydrogens is 298 g/mol. The molecule has 2 N–H and O–H groups in total. The van der Waals surface area contributed by atoms with Crippen LogP contribution in [0.15, 0.2) is 0 Å². The van der Waals surface area contributed by atoms with Crippen LogP contribution >= 0.6 is 0 Å². The second-order valence-corrected chi connectivity index (χ2v) is 7.84. The van der Waals surface area contributed by atoms with Crippen LogP contribution in [-0.4, -0.2) is 71.5 Å². The summed E-state index contributed by atoms with van der Waals surface area (Å²) in [5.41, 5.74) is -0.0920. The van der Waals surface area contributed by atoms with E-state index >= 15 is 0 Å². The zero-order valence-electron chi connectivity index (χ0n) is 13.6. The highest BCUT2D eigenvalue weighted by Gasteiger charge is 2.57. The van der Waals surface area contributed by atoms with Gasteiger partial charge in [0.15, 0.2) is 0 Å². The predicted molar refractivity (Wildman–Crippen MR) is 82.2 cm³/mol. The molecule has 0 aromatic carbocycles. The Morgan fingerprint density at radius 2 is 2.04 bits per heavy atom. The fraction of sp³-hybridized carbons (Fsp3) is 0.875. The van der Waals surface area contributed by atoms with Crippen LogP contribution < -0.4 is 5.32 Å². The molecule has 2 spiro atoms. The van der Waals surface area contributed by atoms with Gasteiger partial charge in [0.1, 0.15) is 5.60 Å². The van der Waals surface area contributed by atoms with E-state index in [0.29, 0.717) is 31.6 Å². The minimum Gasteiger partial charge on any atom is -0.465 e. The molecule has 3 unspecified atom stereocenters. The number of nitrogens with one attached hydrogen (secondary N) is 1. The van der Waals surface area contributed by atoms with Crippen molar-refractivity contribution in [1.82, 2.24) is 15.1 Å². The summed E-state index contributed by atoms with van der Waals surface area (Å²) < 4.78 is 5.48. The van der Waals surface area contributed by atoms with Gasteiger partial charge in [-0.1, -0.05) is 6.92 Å². The number of carboxylic acid groups (broad SMARTS) is 1. The van der Waals surface area contributed by atoms with E-state index < -0.39 is 6.09 Å². The van der Waals surface area contributed by atoms with Crippen molar-refractivity contribution >= 4 is 12.2 Å². The zero-order chi connectivity index (χ0) is 16.2. The van der Waals surface area contributed by atoms with E-state index in [9.17, 15) is 14.7 Å². The molecule has 128 valence electrons. The zero-order valence-corrected chi connectivity index (χ0v) is 13.6. The molecule has 0 radical (unpaired) electrons. The van der Waals surface area contributed by atoms with Crippen LogP contribution in [0.3, 0.4) is 0 Å². The molecule has 3 aliphatic heterocycles. The summed E-state index contributed by atoms with van der Waals surface area (Å²) in [6.07, 6.45) is 2.81. The normalized spacial score (nSPS) is 39.3. The fourth-order valence-corrected chi connectivity index (χ4v) is 5.11. The first-order valence-corrected chi connectivity index (χ1v) is 8.62. The Morgan fingerprint density at radius 3 is 2.57 bits per heavy atom. The van der Waals surface area contributed by atoms with Gasteiger partial charge in [-0.25, -0.2) is 9.59 Å². The lowest BCUT2D eigenvalue weighted by molar-refractivity contribution is -0.0892. The van der Waals surface area contributed by atoms with Gasteiger partial charge in [0, 0.05) is 45.1 Å². The van der Waals surface area contributed by atoms with Gasteiger partial charge >= 0.3 is 12.2 Å². The third kappa shape index (κ3) is 2.28. The molecule has 3 atom stereocenters. The van der Waals surface area contributed by atoms with Crippen molar-refractivity contribution in [2.45, 2.75) is 44.2 Å². The number of nitrogens with zero attached hydrogens (tertiary/aromatic N) is 2. The number of likely N-dealkylation sites (tertiary alicyclic amines) is 2. The van der Waals surface area contributed by atoms with Crippen molar-refractivity contribution in [2.24, 2.45) is 11.3 Å². The van der Waals surface area contributed by atoms with Crippen LogP contribution in [-0.2, 0) is 4.74 Å². The van der Waals surface area contributed by atoms with E-state index in [2.05, 4.69) is 17.1 Å². The van der Waals surface area contributed by atoms with Gasteiger partial charge in [-0.15, -0.1) is 0 Å². The smallest absolute Gasteiger partial charge is 0.407 e. The van der Waals surface area contributed by atoms with E-state index in [1.165, 1.54) is 0 Å². The fourth-order valence-electron chi connectivity index (χ4n) is 5.11. The average molecular weight is 323 g/mol. The highest BCUT2D eigenvalue weighted by atomic mass is 16.6. The van der Waals surface area contributed by atoms with Gasteiger partial charge in [0.2, 0.25) is 0 Å². The van der Waals surface area contributed by atoms with Crippen LogP contribution in [0.1, 0.15) is 32.6 Å². The number of hydrogen-bond donors (Lipinski definition) is 2. The lowest BCUT2D eigenvalue weighted by atomic mass is 9.56. The third-order valence-electron chi connectivity index (χ3n) is 6.86. The van der Waals surface area contributed by atoms with E-state index in [1.54, 1.807) is 4.90 Å². The first-order chi connectivity index (χ1) is 10.9. The first-order valence-electron chi connectivity index (χ1n) is 8.62. The monoisotopic (exact) mass is 323 g/mol. The molecular formula is C16H25N3O4. The summed E-state index contributed by atoms with van der Waals surface area (Å²) in [4.78, 5) is 26.6. The van der Waals surface area contributed by atoms with Crippen molar-refractivity contribution < 1.29 is 19.4 Å². The summed E-state index contributed by atoms with van der Waals surface area (Å²) >= 11 is 0. The molecule has 0 bridgehead atoms. The Labute approximate surface area is 135 Å². The molecule has 4 aliphatic rings. The largest absolute Gasteiger partial charge is 0.465 e. The molecule has 4 rings (SSSR count). The molecule has 3 saturated heterocycles. The SMILES string of the molecule is CC1C(N2CCC3(CC2)CNC(=O)O3)CC12CCN(C(=O)O)C2. The number of piperidine rings is 1. The molecule has 1 saturated carbocycles. The van der Waals surface area contributed by atoms with Crippen LogP contribution in [0, 0.1) is 11.3 Å². The number of carbonyl (C=O) groups excluding carboxylic acids is 1. The highest BCUT2D eigenvalue weighted by molar-refractivity contribution is 5.70. The Bertz CT molecular complexity index is 531. The number of carbonyl (C=O) groups is 2. The number of amides is 2. The average Bonchev–Trinajstić information content (AvgIpc) is 3.13. The summed E-state index contributed by atoms with van der Waals surface area (Å²) in [6.45, 7) is 6.21. The second-order valence-electron chi connectivity index (χ2n) is 7.84. The summed E-state index contributed by atoms with van der Waals surface area (Å²) in [7, 11) is 0.